The van der Waals surface area contributed by atoms with Crippen molar-refractivity contribution in [3.05, 3.63) is 74.6 Å². The average molecular weight is 576 g/mol. The van der Waals surface area contributed by atoms with Crippen LogP contribution >= 0.6 is 42.4 Å². The Morgan fingerprint density at radius 3 is 2.72 bits per heavy atom. The molecule has 0 bridgehead atoms. The van der Waals surface area contributed by atoms with Crippen LogP contribution in [0, 0.1) is 5.95 Å². The minimum Gasteiger partial charge on any atom is -0.508 e. The number of pyridine rings is 1. The molecule has 1 saturated heterocycles. The Kier molecular flexibility index (Phi) is 8.35. The van der Waals surface area contributed by atoms with Crippen LogP contribution in [0.25, 0.3) is 0 Å². The molecule has 0 radical (unpaired) electrons. The second-order valence-electron chi connectivity index (χ2n) is 8.40. The van der Waals surface area contributed by atoms with Gasteiger partial charge in [0.15, 0.2) is 11.6 Å². The van der Waals surface area contributed by atoms with Crippen molar-refractivity contribution in [3.8, 4) is 17.2 Å². The van der Waals surface area contributed by atoms with E-state index in [0.29, 0.717) is 17.0 Å². The van der Waals surface area contributed by atoms with Gasteiger partial charge in [-0.25, -0.2) is 0 Å². The molecule has 1 unspecified atom stereocenters. The van der Waals surface area contributed by atoms with Crippen LogP contribution in [0.4, 0.5) is 10.2 Å². The van der Waals surface area contributed by atoms with E-state index in [2.05, 4.69) is 10.3 Å². The van der Waals surface area contributed by atoms with Crippen LogP contribution in [0.2, 0.25) is 15.1 Å². The first kappa shape index (κ1) is 27.0. The van der Waals surface area contributed by atoms with Crippen LogP contribution in [-0.2, 0) is 13.6 Å². The Morgan fingerprint density at radius 1 is 1.22 bits per heavy atom. The Morgan fingerprint density at radius 2 is 2.00 bits per heavy atom. The van der Waals surface area contributed by atoms with E-state index >= 15 is 0 Å². The fraction of sp³-hybridized carbons (Fsp3) is 0.292. The largest absolute Gasteiger partial charge is 0.508 e. The van der Waals surface area contributed by atoms with E-state index in [0.717, 1.165) is 5.56 Å². The Balaban J connectivity index is 1.54. The lowest BCUT2D eigenvalue weighted by Gasteiger charge is -2.30. The zero-order valence-corrected chi connectivity index (χ0v) is 22.5. The van der Waals surface area contributed by atoms with Crippen molar-refractivity contribution >= 4 is 48.2 Å². The molecule has 2 atom stereocenters. The van der Waals surface area contributed by atoms with Crippen LogP contribution < -0.4 is 10.1 Å². The van der Waals surface area contributed by atoms with Crippen molar-refractivity contribution < 1.29 is 27.8 Å². The van der Waals surface area contributed by atoms with Gasteiger partial charge >= 0.3 is 7.60 Å². The summed E-state index contributed by atoms with van der Waals surface area (Å²) in [4.78, 5) is 3.73. The Bertz CT molecular complexity index is 1330. The number of aromatic hydroxyl groups is 1. The van der Waals surface area contributed by atoms with E-state index in [1.54, 1.807) is 24.3 Å². The lowest BCUT2D eigenvalue weighted by atomic mass is 10.0. The van der Waals surface area contributed by atoms with Crippen molar-refractivity contribution in [2.45, 2.75) is 32.3 Å². The molecule has 12 heteroatoms. The fourth-order valence-electron chi connectivity index (χ4n) is 3.64. The van der Waals surface area contributed by atoms with Gasteiger partial charge < -0.3 is 19.7 Å². The molecule has 1 aromatic heterocycles. The zero-order chi connectivity index (χ0) is 26.0. The van der Waals surface area contributed by atoms with Crippen molar-refractivity contribution in [2.75, 3.05) is 18.2 Å². The minimum absolute atomic E-state index is 0.00865. The van der Waals surface area contributed by atoms with Gasteiger partial charge in [-0.3, -0.25) is 9.09 Å². The lowest BCUT2D eigenvalue weighted by Crippen LogP contribution is -2.18. The van der Waals surface area contributed by atoms with E-state index in [9.17, 15) is 14.1 Å². The molecule has 0 spiro atoms. The van der Waals surface area contributed by atoms with Gasteiger partial charge in [0.1, 0.15) is 27.8 Å². The van der Waals surface area contributed by atoms with Gasteiger partial charge in [0.2, 0.25) is 5.95 Å². The van der Waals surface area contributed by atoms with E-state index < -0.39 is 24.7 Å². The average Bonchev–Trinajstić information content (AvgIpc) is 2.84. The molecule has 1 aliphatic heterocycles. The highest BCUT2D eigenvalue weighted by atomic mass is 35.5. The number of hydrogen-bond acceptors (Lipinski definition) is 7. The molecule has 2 N–H and O–H groups in total. The topological polar surface area (TPSA) is 89.9 Å². The number of ether oxygens (including phenoxy) is 1. The van der Waals surface area contributed by atoms with E-state index in [-0.39, 0.29) is 46.9 Å². The third-order valence-corrected chi connectivity index (χ3v) is 8.07. The molecule has 192 valence electrons. The number of rotatable bonds is 7. The summed E-state index contributed by atoms with van der Waals surface area (Å²) in [6, 6.07) is 11.6. The predicted octanol–water partition coefficient (Wildman–Crippen LogP) is 8.54. The molecule has 1 aliphatic rings. The molecule has 36 heavy (non-hydrogen) atoms. The number of nitrogens with one attached hydrogen (secondary N) is 1. The number of hydrogen-bond donors (Lipinski definition) is 2. The first-order chi connectivity index (χ1) is 17.1. The van der Waals surface area contributed by atoms with Gasteiger partial charge in [0, 0.05) is 17.0 Å². The van der Waals surface area contributed by atoms with Crippen LogP contribution in [0.1, 0.15) is 43.4 Å². The van der Waals surface area contributed by atoms with Crippen molar-refractivity contribution in [1.29, 1.82) is 0 Å². The van der Waals surface area contributed by atoms with Gasteiger partial charge in [-0.05, 0) is 41.8 Å². The van der Waals surface area contributed by atoms with Crippen LogP contribution in [0.15, 0.2) is 42.5 Å². The number of benzene rings is 2. The third kappa shape index (κ3) is 6.08. The molecular weight excluding hydrogens is 553 g/mol. The van der Waals surface area contributed by atoms with Gasteiger partial charge in [0.05, 0.1) is 12.7 Å². The summed E-state index contributed by atoms with van der Waals surface area (Å²) in [5.74, 6) is -0.978. The molecule has 0 aliphatic carbocycles. The van der Waals surface area contributed by atoms with Crippen LogP contribution in [0.3, 0.4) is 0 Å². The highest BCUT2D eigenvalue weighted by Gasteiger charge is 2.35. The maximum atomic E-state index is 14.6. The summed E-state index contributed by atoms with van der Waals surface area (Å²) in [6.45, 7) is 4.00. The molecule has 0 amide bonds. The summed E-state index contributed by atoms with van der Waals surface area (Å²) in [6.07, 6.45) is -0.324. The number of halogens is 4. The zero-order valence-electron chi connectivity index (χ0n) is 19.3. The highest BCUT2D eigenvalue weighted by molar-refractivity contribution is 7.54. The second kappa shape index (κ2) is 11.1. The standard InChI is InChI=1S/C24H23Cl3FN2O5P/c1-13(2)17-11-16(6-7-18(17)31)34-22-20(26)23(28)30-24(21(22)27)29-12-36(32)33-9-8-19(35-36)14-4-3-5-15(25)10-14/h3-7,10-11,13,19,31H,8-9,12H2,1-2H3,(H,29,30)/t19?,36-/m0/s1. The van der Waals surface area contributed by atoms with Crippen LogP contribution in [0.5, 0.6) is 17.2 Å². The minimum atomic E-state index is -3.64. The van der Waals surface area contributed by atoms with Crippen molar-refractivity contribution in [1.82, 2.24) is 4.98 Å². The Labute approximate surface area is 223 Å². The quantitative estimate of drug-likeness (QED) is 0.215. The van der Waals surface area contributed by atoms with Gasteiger partial charge in [-0.2, -0.15) is 9.37 Å². The molecule has 1 fully saturated rings. The van der Waals surface area contributed by atoms with Gasteiger partial charge in [-0.15, -0.1) is 0 Å². The monoisotopic (exact) mass is 574 g/mol. The maximum absolute atomic E-state index is 14.6. The molecule has 4 rings (SSSR count). The number of aromatic nitrogens is 1. The summed E-state index contributed by atoms with van der Waals surface area (Å²) >= 11 is 18.6. The predicted molar refractivity (Wildman–Crippen MR) is 138 cm³/mol. The summed E-state index contributed by atoms with van der Waals surface area (Å²) in [5.41, 5.74) is 1.40. The molecule has 2 heterocycles. The molecule has 0 saturated carbocycles. The van der Waals surface area contributed by atoms with Gasteiger partial charge in [-0.1, -0.05) is 60.8 Å². The first-order valence-corrected chi connectivity index (χ1v) is 13.9. The van der Waals surface area contributed by atoms with Gasteiger partial charge in [0.25, 0.3) is 0 Å². The number of nitrogens with zero attached hydrogens (tertiary/aromatic N) is 1. The second-order valence-corrected chi connectivity index (χ2v) is 11.6. The smallest absolute Gasteiger partial charge is 0.350 e. The molecule has 7 nitrogen and oxygen atoms in total. The van der Waals surface area contributed by atoms with E-state index in [1.165, 1.54) is 12.1 Å². The SMILES string of the molecule is CC(C)c1cc(Oc2c(Cl)c(F)nc(NC[P@]3(=O)OCCC(c4cccc(Cl)c4)O3)c2Cl)ccc1O. The maximum Gasteiger partial charge on any atom is 0.350 e. The number of phenols is 1. The molecular formula is C24H23Cl3FN2O5P. The number of anilines is 1. The van der Waals surface area contributed by atoms with E-state index in [4.69, 9.17) is 48.6 Å². The summed E-state index contributed by atoms with van der Waals surface area (Å²) in [5, 5.41) is 12.8. The van der Waals surface area contributed by atoms with Crippen molar-refractivity contribution in [2.24, 2.45) is 0 Å². The lowest BCUT2D eigenvalue weighted by molar-refractivity contribution is 0.0822. The summed E-state index contributed by atoms with van der Waals surface area (Å²) < 4.78 is 44.8. The summed E-state index contributed by atoms with van der Waals surface area (Å²) in [7, 11) is -3.64. The van der Waals surface area contributed by atoms with Crippen LogP contribution in [-0.4, -0.2) is 23.0 Å². The van der Waals surface area contributed by atoms with E-state index in [1.807, 2.05) is 19.9 Å². The highest BCUT2D eigenvalue weighted by Crippen LogP contribution is 2.56. The molecule has 3 aromatic rings. The Hall–Kier alpha value is -2.06. The fourth-order valence-corrected chi connectivity index (χ4v) is 5.87. The third-order valence-electron chi connectivity index (χ3n) is 5.46. The van der Waals surface area contributed by atoms with Crippen molar-refractivity contribution in [3.63, 3.8) is 0 Å². The molecule has 2 aromatic carbocycles. The normalized spacial score (nSPS) is 19.9. The first-order valence-electron chi connectivity index (χ1n) is 11.0. The number of phenolic OH excluding ortho intramolecular Hbond substituents is 1.